The Bertz CT molecular complexity index is 771. The average molecular weight is 466 g/mol. The highest BCUT2D eigenvalue weighted by molar-refractivity contribution is 7.36. The number of hydrogen-bond donors (Lipinski definition) is 1. The summed E-state index contributed by atoms with van der Waals surface area (Å²) in [6.45, 7) is 9.41. The molecule has 8 heteroatoms. The molecule has 0 aromatic carbocycles. The Morgan fingerprint density at radius 1 is 1.22 bits per heavy atom. The average Bonchev–Trinajstić information content (AvgIpc) is 2.76. The zero-order chi connectivity index (χ0) is 24.4. The minimum atomic E-state index is -0.460. The van der Waals surface area contributed by atoms with E-state index in [-0.39, 0.29) is 45.4 Å². The summed E-state index contributed by atoms with van der Waals surface area (Å²) in [5, 5.41) is 2.71. The normalized spacial score (nSPS) is 18.9. The summed E-state index contributed by atoms with van der Waals surface area (Å²) in [7, 11) is 5.87. The largest absolute Gasteiger partial charge is 0.477 e. The third kappa shape index (κ3) is 8.18. The van der Waals surface area contributed by atoms with Crippen LogP contribution >= 0.6 is 8.81 Å². The smallest absolute Gasteiger partial charge is 0.242 e. The zero-order valence-electron chi connectivity index (χ0n) is 20.8. The fraction of sp³-hybridized carbons (Fsp3) is 0.625. The van der Waals surface area contributed by atoms with E-state index in [4.69, 9.17) is 4.52 Å². The molecule has 32 heavy (non-hydrogen) atoms. The molecule has 1 aliphatic carbocycles. The van der Waals surface area contributed by atoms with Crippen molar-refractivity contribution in [2.45, 2.75) is 66.0 Å². The van der Waals surface area contributed by atoms with Crippen LogP contribution < -0.4 is 5.32 Å². The number of ketones is 1. The van der Waals surface area contributed by atoms with Gasteiger partial charge in [-0.3, -0.25) is 14.4 Å². The third-order valence-corrected chi connectivity index (χ3v) is 6.25. The van der Waals surface area contributed by atoms with Gasteiger partial charge in [0.15, 0.2) is 5.78 Å². The van der Waals surface area contributed by atoms with E-state index in [1.165, 1.54) is 11.8 Å². The molecule has 0 saturated carbocycles. The van der Waals surface area contributed by atoms with E-state index < -0.39 is 6.04 Å². The van der Waals surface area contributed by atoms with Crippen molar-refractivity contribution in [1.29, 1.82) is 0 Å². The first-order chi connectivity index (χ1) is 15.1. The van der Waals surface area contributed by atoms with Crippen molar-refractivity contribution in [1.82, 2.24) is 15.1 Å². The van der Waals surface area contributed by atoms with Crippen LogP contribution in [-0.2, 0) is 18.9 Å². The van der Waals surface area contributed by atoms with Crippen LogP contribution in [0.5, 0.6) is 0 Å². The molecule has 0 bridgehead atoms. The topological polar surface area (TPSA) is 79.0 Å². The van der Waals surface area contributed by atoms with Gasteiger partial charge in [0.1, 0.15) is 5.76 Å². The Morgan fingerprint density at radius 3 is 2.44 bits per heavy atom. The molecule has 0 aromatic heterocycles. The summed E-state index contributed by atoms with van der Waals surface area (Å²) in [4.78, 5) is 40.5. The van der Waals surface area contributed by atoms with Gasteiger partial charge in [0.25, 0.3) is 0 Å². The van der Waals surface area contributed by atoms with Crippen molar-refractivity contribution in [3.8, 4) is 0 Å². The Morgan fingerprint density at radius 2 is 1.88 bits per heavy atom. The van der Waals surface area contributed by atoms with Gasteiger partial charge in [0, 0.05) is 25.1 Å². The lowest BCUT2D eigenvalue weighted by Gasteiger charge is -2.30. The van der Waals surface area contributed by atoms with Crippen molar-refractivity contribution in [2.75, 3.05) is 27.7 Å². The maximum absolute atomic E-state index is 12.5. The molecule has 0 aromatic rings. The van der Waals surface area contributed by atoms with Crippen LogP contribution in [-0.4, -0.2) is 67.2 Å². The highest BCUT2D eigenvalue weighted by Gasteiger charge is 2.27. The van der Waals surface area contributed by atoms with Gasteiger partial charge >= 0.3 is 0 Å². The first-order valence-electron chi connectivity index (χ1n) is 11.3. The minimum absolute atomic E-state index is 0.0428. The van der Waals surface area contributed by atoms with Crippen molar-refractivity contribution in [3.63, 3.8) is 0 Å². The van der Waals surface area contributed by atoms with Crippen molar-refractivity contribution in [3.05, 3.63) is 34.9 Å². The molecule has 2 rings (SSSR count). The molecule has 180 valence electrons. The van der Waals surface area contributed by atoms with Crippen molar-refractivity contribution >= 4 is 26.4 Å². The molecule has 0 saturated heterocycles. The molecule has 2 amide bonds. The predicted molar refractivity (Wildman–Crippen MR) is 131 cm³/mol. The molecule has 1 N–H and O–H groups in total. The van der Waals surface area contributed by atoms with Gasteiger partial charge in [-0.1, -0.05) is 39.8 Å². The summed E-state index contributed by atoms with van der Waals surface area (Å²) >= 11 is 0. The number of Topliss-reactive ketones (excluding diaryl/α,β-unsaturated/α-hetero) is 1. The van der Waals surface area contributed by atoms with Crippen LogP contribution in [0.15, 0.2) is 34.9 Å². The van der Waals surface area contributed by atoms with Crippen LogP contribution in [0.3, 0.4) is 0 Å². The lowest BCUT2D eigenvalue weighted by Crippen LogP contribution is -2.46. The second-order valence-corrected chi connectivity index (χ2v) is 9.26. The molecule has 7 nitrogen and oxygen atoms in total. The van der Waals surface area contributed by atoms with Crippen LogP contribution in [0.4, 0.5) is 0 Å². The number of allylic oxidation sites excluding steroid dienone is 2. The Labute approximate surface area is 195 Å². The lowest BCUT2D eigenvalue weighted by molar-refractivity contribution is -0.138. The van der Waals surface area contributed by atoms with E-state index in [0.717, 1.165) is 23.3 Å². The van der Waals surface area contributed by atoms with Crippen molar-refractivity contribution < 1.29 is 18.9 Å². The van der Waals surface area contributed by atoms with Gasteiger partial charge in [0.2, 0.25) is 11.8 Å². The van der Waals surface area contributed by atoms with Gasteiger partial charge in [-0.15, -0.1) is 0 Å². The molecule has 0 fully saturated rings. The number of rotatable bonds is 9. The number of amides is 2. The van der Waals surface area contributed by atoms with E-state index >= 15 is 0 Å². The molecule has 1 heterocycles. The van der Waals surface area contributed by atoms with E-state index in [1.807, 2.05) is 53.7 Å². The van der Waals surface area contributed by atoms with Crippen molar-refractivity contribution in [2.24, 2.45) is 5.92 Å². The highest BCUT2D eigenvalue weighted by Crippen LogP contribution is 2.39. The first-order valence-corrected chi connectivity index (χ1v) is 12.3. The number of nitrogens with zero attached hydrogens (tertiary/aromatic N) is 2. The first kappa shape index (κ1) is 28.1. The Hall–Kier alpha value is -1.98. The lowest BCUT2D eigenvalue weighted by atomic mass is 9.94. The van der Waals surface area contributed by atoms with E-state index in [2.05, 4.69) is 16.3 Å². The maximum Gasteiger partial charge on any atom is 0.242 e. The van der Waals surface area contributed by atoms with E-state index in [1.54, 1.807) is 7.05 Å². The van der Waals surface area contributed by atoms with Crippen LogP contribution in [0.1, 0.15) is 53.9 Å². The quantitative estimate of drug-likeness (QED) is 0.526. The summed E-state index contributed by atoms with van der Waals surface area (Å²) in [6.07, 6.45) is 5.74. The Balaban J connectivity index is 0.00000249. The highest BCUT2D eigenvalue weighted by atomic mass is 31.1. The summed E-state index contributed by atoms with van der Waals surface area (Å²) in [5.74, 6) is 2.64. The number of nitrogens with one attached hydrogen (secondary N) is 1. The summed E-state index contributed by atoms with van der Waals surface area (Å²) in [6, 6.07) is -0.173. The number of carbonyl (C=O) groups is 3. The number of likely N-dealkylation sites (N-methyl/N-ethyl adjacent to an activating group) is 2. The summed E-state index contributed by atoms with van der Waals surface area (Å²) < 4.78 is 5.81. The van der Waals surface area contributed by atoms with Gasteiger partial charge < -0.3 is 19.6 Å². The molecule has 1 aliphatic heterocycles. The zero-order valence-corrected chi connectivity index (χ0v) is 21.8. The standard InChI is InChI=1S/C22H34N3O4P.C2H6/c1-14(2)9-19(15(3)26)25(6)22(28)12-23-21(27)10-16-13-30-29-20-11-17(24(4)5)7-8-18(16)20;1-2/h7-8,13-14,17,19,30H,9-12H2,1-6H3,(H,23,27);1-2H3. The predicted octanol–water partition coefficient (Wildman–Crippen LogP) is 3.63. The van der Waals surface area contributed by atoms with E-state index in [0.29, 0.717) is 12.3 Å². The second kappa shape index (κ2) is 13.5. The fourth-order valence-corrected chi connectivity index (χ4v) is 4.35. The van der Waals surface area contributed by atoms with Crippen LogP contribution in [0.2, 0.25) is 0 Å². The van der Waals surface area contributed by atoms with Crippen LogP contribution in [0, 0.1) is 5.92 Å². The minimum Gasteiger partial charge on any atom is -0.477 e. The molecular formula is C24H40N3O4P. The molecule has 3 unspecified atom stereocenters. The van der Waals surface area contributed by atoms with Gasteiger partial charge in [-0.05, 0) is 44.7 Å². The molecule has 2 aliphatic rings. The van der Waals surface area contributed by atoms with Gasteiger partial charge in [-0.25, -0.2) is 0 Å². The summed E-state index contributed by atoms with van der Waals surface area (Å²) in [5.41, 5.74) is 1.90. The maximum atomic E-state index is 12.5. The number of hydrogen-bond acceptors (Lipinski definition) is 5. The molecule has 0 radical (unpaired) electrons. The molecule has 3 atom stereocenters. The van der Waals surface area contributed by atoms with Gasteiger partial charge in [-0.2, -0.15) is 0 Å². The fourth-order valence-electron chi connectivity index (χ4n) is 3.55. The second-order valence-electron chi connectivity index (χ2n) is 8.53. The SMILES string of the molecule is CC.CC(=O)C(CC(C)C)N(C)C(=O)CNC(=O)CC1=CPOC2=C1C=CC(N(C)C)C2. The third-order valence-electron chi connectivity index (χ3n) is 5.42. The van der Waals surface area contributed by atoms with Crippen LogP contribution in [0.25, 0.3) is 0 Å². The Kier molecular flexibility index (Phi) is 11.9. The molecular weight excluding hydrogens is 425 g/mol. The monoisotopic (exact) mass is 465 g/mol. The molecule has 0 spiro atoms. The van der Waals surface area contributed by atoms with Gasteiger partial charge in [0.05, 0.1) is 27.8 Å². The van der Waals surface area contributed by atoms with E-state index in [9.17, 15) is 14.4 Å². The number of carbonyl (C=O) groups excluding carboxylic acids is 3.